The van der Waals surface area contributed by atoms with Crippen molar-refractivity contribution in [3.63, 3.8) is 0 Å². The van der Waals surface area contributed by atoms with Gasteiger partial charge in [0.15, 0.2) is 0 Å². The number of ether oxygens (including phenoxy) is 2. The first-order valence-electron chi connectivity index (χ1n) is 4.43. The van der Waals surface area contributed by atoms with Gasteiger partial charge in [-0.3, -0.25) is 9.63 Å². The van der Waals surface area contributed by atoms with Crippen molar-refractivity contribution in [3.05, 3.63) is 0 Å². The van der Waals surface area contributed by atoms with Crippen LogP contribution < -0.4 is 10.8 Å². The van der Waals surface area contributed by atoms with E-state index in [2.05, 4.69) is 15.6 Å². The van der Waals surface area contributed by atoms with Crippen LogP contribution in [0.15, 0.2) is 0 Å². The lowest BCUT2D eigenvalue weighted by Gasteiger charge is -2.05. The molecule has 0 atom stereocenters. The summed E-state index contributed by atoms with van der Waals surface area (Å²) in [7, 11) is 3.21. The second kappa shape index (κ2) is 10.4. The fraction of sp³-hybridized carbons (Fsp3) is 0.875. The molecule has 1 amide bonds. The Morgan fingerprint density at radius 2 is 2.07 bits per heavy atom. The molecule has 6 heteroatoms. The molecule has 0 fully saturated rings. The van der Waals surface area contributed by atoms with Crippen molar-refractivity contribution in [2.75, 3.05) is 47.1 Å². The van der Waals surface area contributed by atoms with Crippen molar-refractivity contribution in [2.45, 2.75) is 0 Å². The van der Waals surface area contributed by atoms with Gasteiger partial charge in [0, 0.05) is 20.7 Å². The maximum absolute atomic E-state index is 10.9. The Hall–Kier alpha value is -0.690. The second-order valence-electron chi connectivity index (χ2n) is 2.45. The van der Waals surface area contributed by atoms with Crippen LogP contribution in [0.5, 0.6) is 0 Å². The van der Waals surface area contributed by atoms with Crippen molar-refractivity contribution >= 4 is 5.91 Å². The highest BCUT2D eigenvalue weighted by Gasteiger charge is 1.98. The minimum absolute atomic E-state index is 0.00850. The summed E-state index contributed by atoms with van der Waals surface area (Å²) in [6.07, 6.45) is 0. The van der Waals surface area contributed by atoms with Crippen LogP contribution in [0, 0.1) is 0 Å². The van der Waals surface area contributed by atoms with Crippen LogP contribution in [0.25, 0.3) is 0 Å². The molecule has 0 aromatic carbocycles. The number of hydroxylamine groups is 1. The lowest BCUT2D eigenvalue weighted by Crippen LogP contribution is -2.32. The van der Waals surface area contributed by atoms with Gasteiger partial charge in [0.1, 0.15) is 6.61 Å². The quantitative estimate of drug-likeness (QED) is 0.371. The van der Waals surface area contributed by atoms with E-state index in [1.807, 2.05) is 0 Å². The molecule has 0 bridgehead atoms. The molecule has 0 radical (unpaired) electrons. The van der Waals surface area contributed by atoms with Crippen molar-refractivity contribution in [1.29, 1.82) is 0 Å². The Morgan fingerprint density at radius 1 is 1.29 bits per heavy atom. The van der Waals surface area contributed by atoms with Crippen LogP contribution in [0.2, 0.25) is 0 Å². The molecule has 0 heterocycles. The summed E-state index contributed by atoms with van der Waals surface area (Å²) in [6, 6.07) is 0. The number of amides is 1. The first kappa shape index (κ1) is 13.3. The molecule has 84 valence electrons. The van der Waals surface area contributed by atoms with E-state index in [4.69, 9.17) is 9.47 Å². The smallest absolute Gasteiger partial charge is 0.248 e. The summed E-state index contributed by atoms with van der Waals surface area (Å²) in [5.74, 6) is -0.172. The van der Waals surface area contributed by atoms with E-state index in [0.717, 1.165) is 0 Å². The van der Waals surface area contributed by atoms with E-state index in [1.165, 1.54) is 0 Å². The fourth-order valence-corrected chi connectivity index (χ4v) is 0.696. The Bertz CT molecular complexity index is 143. The summed E-state index contributed by atoms with van der Waals surface area (Å²) >= 11 is 0. The number of hydrogen-bond donors (Lipinski definition) is 2. The van der Waals surface area contributed by atoms with Crippen LogP contribution >= 0.6 is 0 Å². The van der Waals surface area contributed by atoms with E-state index in [9.17, 15) is 4.79 Å². The number of methoxy groups -OCH3 is 1. The summed E-state index contributed by atoms with van der Waals surface area (Å²) in [5.41, 5.74) is 2.41. The minimum Gasteiger partial charge on any atom is -0.382 e. The van der Waals surface area contributed by atoms with E-state index in [-0.39, 0.29) is 12.5 Å². The van der Waals surface area contributed by atoms with Crippen molar-refractivity contribution in [2.24, 2.45) is 0 Å². The lowest BCUT2D eigenvalue weighted by atomic mass is 10.6. The average Bonchev–Trinajstić information content (AvgIpc) is 2.20. The van der Waals surface area contributed by atoms with Gasteiger partial charge in [-0.1, -0.05) is 0 Å². The molecule has 6 nitrogen and oxygen atoms in total. The highest BCUT2D eigenvalue weighted by molar-refractivity contribution is 5.77. The predicted molar refractivity (Wildman–Crippen MR) is 50.7 cm³/mol. The first-order valence-corrected chi connectivity index (χ1v) is 4.43. The van der Waals surface area contributed by atoms with Gasteiger partial charge >= 0.3 is 0 Å². The van der Waals surface area contributed by atoms with Crippen molar-refractivity contribution < 1.29 is 19.1 Å². The van der Waals surface area contributed by atoms with Gasteiger partial charge in [-0.25, -0.2) is 5.48 Å². The third kappa shape index (κ3) is 9.40. The summed E-state index contributed by atoms with van der Waals surface area (Å²) in [6.45, 7) is 2.08. The summed E-state index contributed by atoms with van der Waals surface area (Å²) in [4.78, 5) is 15.6. The lowest BCUT2D eigenvalue weighted by molar-refractivity contribution is -0.128. The highest BCUT2D eigenvalue weighted by Crippen LogP contribution is 1.75. The third-order valence-electron chi connectivity index (χ3n) is 1.35. The van der Waals surface area contributed by atoms with Crippen molar-refractivity contribution in [1.82, 2.24) is 10.8 Å². The fourth-order valence-electron chi connectivity index (χ4n) is 0.696. The van der Waals surface area contributed by atoms with Crippen molar-refractivity contribution in [3.8, 4) is 0 Å². The minimum atomic E-state index is -0.172. The standard InChI is InChI=1S/C8H18N2O4/c1-9-14-7-8(11)10-3-4-13-6-5-12-2/h9H,3-7H2,1-2H3,(H,10,11). The van der Waals surface area contributed by atoms with Crippen LogP contribution in [0.3, 0.4) is 0 Å². The molecule has 0 aliphatic heterocycles. The first-order chi connectivity index (χ1) is 6.81. The van der Waals surface area contributed by atoms with Crippen LogP contribution in [0.4, 0.5) is 0 Å². The normalized spacial score (nSPS) is 10.1. The molecule has 14 heavy (non-hydrogen) atoms. The molecule has 0 aromatic heterocycles. The molecule has 0 unspecified atom stereocenters. The molecule has 0 aliphatic carbocycles. The van der Waals surface area contributed by atoms with Gasteiger partial charge in [-0.15, -0.1) is 0 Å². The van der Waals surface area contributed by atoms with Gasteiger partial charge < -0.3 is 14.8 Å². The topological polar surface area (TPSA) is 68.8 Å². The van der Waals surface area contributed by atoms with Gasteiger partial charge in [-0.2, -0.15) is 0 Å². The van der Waals surface area contributed by atoms with Crippen LogP contribution in [-0.2, 0) is 19.1 Å². The average molecular weight is 206 g/mol. The monoisotopic (exact) mass is 206 g/mol. The largest absolute Gasteiger partial charge is 0.382 e. The number of rotatable bonds is 9. The maximum Gasteiger partial charge on any atom is 0.248 e. The van der Waals surface area contributed by atoms with E-state index >= 15 is 0 Å². The molecular weight excluding hydrogens is 188 g/mol. The second-order valence-corrected chi connectivity index (χ2v) is 2.45. The zero-order valence-corrected chi connectivity index (χ0v) is 8.67. The molecule has 0 spiro atoms. The van der Waals surface area contributed by atoms with E-state index in [1.54, 1.807) is 14.2 Å². The molecule has 0 rings (SSSR count). The number of hydrogen-bond acceptors (Lipinski definition) is 5. The number of carbonyl (C=O) groups is 1. The molecule has 0 saturated heterocycles. The van der Waals surface area contributed by atoms with Gasteiger partial charge in [0.2, 0.25) is 5.91 Å². The predicted octanol–water partition coefficient (Wildman–Crippen LogP) is -1.08. The Labute approximate surface area is 83.8 Å². The zero-order chi connectivity index (χ0) is 10.6. The number of nitrogens with one attached hydrogen (secondary N) is 2. The number of carbonyl (C=O) groups excluding carboxylic acids is 1. The Morgan fingerprint density at radius 3 is 2.71 bits per heavy atom. The summed E-state index contributed by atoms with van der Waals surface area (Å²) in [5, 5.41) is 2.62. The highest BCUT2D eigenvalue weighted by atomic mass is 16.6. The Balaban J connectivity index is 3.07. The third-order valence-corrected chi connectivity index (χ3v) is 1.35. The van der Waals surface area contributed by atoms with Gasteiger partial charge in [-0.05, 0) is 0 Å². The molecule has 0 aromatic rings. The molecule has 2 N–H and O–H groups in total. The zero-order valence-electron chi connectivity index (χ0n) is 8.67. The molecule has 0 aliphatic rings. The van der Waals surface area contributed by atoms with Crippen LogP contribution in [-0.4, -0.2) is 53.0 Å². The van der Waals surface area contributed by atoms with Crippen LogP contribution in [0.1, 0.15) is 0 Å². The maximum atomic E-state index is 10.9. The molecular formula is C8H18N2O4. The van der Waals surface area contributed by atoms with E-state index in [0.29, 0.717) is 26.4 Å². The van der Waals surface area contributed by atoms with Gasteiger partial charge in [0.05, 0.1) is 19.8 Å². The summed E-state index contributed by atoms with van der Waals surface area (Å²) < 4.78 is 9.91. The SMILES string of the molecule is CNOCC(=O)NCCOCCOC. The molecule has 0 saturated carbocycles. The van der Waals surface area contributed by atoms with Gasteiger partial charge in [0.25, 0.3) is 0 Å². The Kier molecular flexibility index (Phi) is 9.88. The van der Waals surface area contributed by atoms with E-state index < -0.39 is 0 Å².